The maximum atomic E-state index is 11.1. The van der Waals surface area contributed by atoms with Crippen LogP contribution in [0.4, 0.5) is 10.7 Å². The Kier molecular flexibility index (Phi) is 3.87. The van der Waals surface area contributed by atoms with Crippen LogP contribution in [0.3, 0.4) is 0 Å². The van der Waals surface area contributed by atoms with Crippen LogP contribution in [0.5, 0.6) is 0 Å². The molecule has 0 unspecified atom stereocenters. The summed E-state index contributed by atoms with van der Waals surface area (Å²) < 4.78 is 0. The molecule has 0 aromatic carbocycles. The van der Waals surface area contributed by atoms with Crippen LogP contribution in [-0.4, -0.2) is 23.1 Å². The Morgan fingerprint density at radius 2 is 2.33 bits per heavy atom. The summed E-state index contributed by atoms with van der Waals surface area (Å²) in [5.41, 5.74) is 0.124. The van der Waals surface area contributed by atoms with Crippen LogP contribution < -0.4 is 4.90 Å². The summed E-state index contributed by atoms with van der Waals surface area (Å²) in [5, 5.41) is 21.3. The highest BCUT2D eigenvalue weighted by atomic mass is 32.1. The molecular weight excluding hydrogens is 252 g/mol. The Hall–Kier alpha value is -1.14. The van der Waals surface area contributed by atoms with Gasteiger partial charge in [-0.05, 0) is 32.6 Å². The molecule has 1 aromatic rings. The van der Waals surface area contributed by atoms with Gasteiger partial charge in [0.25, 0.3) is 0 Å². The average Bonchev–Trinajstić information content (AvgIpc) is 3.01. The molecule has 6 heteroatoms. The van der Waals surface area contributed by atoms with E-state index in [0.29, 0.717) is 15.8 Å². The van der Waals surface area contributed by atoms with Crippen molar-refractivity contribution in [2.75, 3.05) is 18.0 Å². The summed E-state index contributed by atoms with van der Waals surface area (Å²) in [6, 6.07) is 1.50. The zero-order valence-electron chi connectivity index (χ0n) is 10.6. The van der Waals surface area contributed by atoms with Crippen molar-refractivity contribution in [3.63, 3.8) is 0 Å². The van der Waals surface area contributed by atoms with Gasteiger partial charge in [0.2, 0.25) is 0 Å². The summed E-state index contributed by atoms with van der Waals surface area (Å²) in [7, 11) is 0. The van der Waals surface area contributed by atoms with Crippen LogP contribution in [-0.2, 0) is 0 Å². The minimum Gasteiger partial charge on any atom is -0.388 e. The van der Waals surface area contributed by atoms with Crippen molar-refractivity contribution >= 4 is 22.0 Å². The first-order valence-electron chi connectivity index (χ1n) is 6.24. The van der Waals surface area contributed by atoms with Crippen LogP contribution in [0.1, 0.15) is 37.7 Å². The van der Waals surface area contributed by atoms with E-state index in [1.54, 1.807) is 6.92 Å². The molecule has 18 heavy (non-hydrogen) atoms. The molecule has 1 fully saturated rings. The maximum absolute atomic E-state index is 11.1. The van der Waals surface area contributed by atoms with E-state index in [1.807, 2.05) is 6.92 Å². The van der Waals surface area contributed by atoms with Crippen molar-refractivity contribution in [3.05, 3.63) is 21.1 Å². The molecule has 100 valence electrons. The van der Waals surface area contributed by atoms with Gasteiger partial charge in [-0.25, -0.2) is 0 Å². The number of hydrogen-bond donors (Lipinski definition) is 1. The first-order chi connectivity index (χ1) is 8.52. The predicted molar refractivity (Wildman–Crippen MR) is 72.2 cm³/mol. The van der Waals surface area contributed by atoms with Crippen LogP contribution in [0.15, 0.2) is 6.07 Å². The zero-order chi connectivity index (χ0) is 13.3. The molecule has 0 aliphatic heterocycles. The van der Waals surface area contributed by atoms with Crippen molar-refractivity contribution < 1.29 is 10.0 Å². The third kappa shape index (κ3) is 2.81. The number of hydrogen-bond acceptors (Lipinski definition) is 5. The summed E-state index contributed by atoms with van der Waals surface area (Å²) >= 11 is 1.33. The quantitative estimate of drug-likeness (QED) is 0.637. The third-order valence-electron chi connectivity index (χ3n) is 3.17. The van der Waals surface area contributed by atoms with Gasteiger partial charge < -0.3 is 10.0 Å². The summed E-state index contributed by atoms with van der Waals surface area (Å²) in [5.74, 6) is 0.682. The smallest absolute Gasteiger partial charge is 0.304 e. The predicted octanol–water partition coefficient (Wildman–Crippen LogP) is 2.95. The van der Waals surface area contributed by atoms with E-state index in [0.717, 1.165) is 13.1 Å². The molecule has 2 rings (SSSR count). The standard InChI is InChI=1S/C12H18N2O3S/c1-3-13(7-9-4-5-9)12-10(14(16)17)6-11(18-12)8(2)15/h6,8-9,15H,3-5,7H2,1-2H3/t8-/m1/s1. The molecule has 1 atom stereocenters. The second-order valence-corrected chi connectivity index (χ2v) is 5.82. The highest BCUT2D eigenvalue weighted by molar-refractivity contribution is 7.16. The van der Waals surface area contributed by atoms with Gasteiger partial charge in [-0.1, -0.05) is 0 Å². The Morgan fingerprint density at radius 3 is 2.78 bits per heavy atom. The van der Waals surface area contributed by atoms with Crippen molar-refractivity contribution in [3.8, 4) is 0 Å². The SMILES string of the molecule is CCN(CC1CC1)c1sc([C@@H](C)O)cc1[N+](=O)[O-]. The fourth-order valence-electron chi connectivity index (χ4n) is 1.92. The molecule has 1 heterocycles. The lowest BCUT2D eigenvalue weighted by Crippen LogP contribution is -2.24. The fourth-order valence-corrected chi connectivity index (χ4v) is 3.06. The molecule has 1 aliphatic carbocycles. The third-order valence-corrected chi connectivity index (χ3v) is 4.52. The molecule has 1 saturated carbocycles. The number of aliphatic hydroxyl groups is 1. The van der Waals surface area contributed by atoms with Gasteiger partial charge in [0.05, 0.1) is 11.0 Å². The number of nitro groups is 1. The monoisotopic (exact) mass is 270 g/mol. The van der Waals surface area contributed by atoms with E-state index in [-0.39, 0.29) is 10.6 Å². The largest absolute Gasteiger partial charge is 0.388 e. The molecule has 0 bridgehead atoms. The molecule has 1 N–H and O–H groups in total. The molecule has 5 nitrogen and oxygen atoms in total. The molecule has 0 saturated heterocycles. The number of thiophene rings is 1. The van der Waals surface area contributed by atoms with Crippen molar-refractivity contribution in [1.82, 2.24) is 0 Å². The van der Waals surface area contributed by atoms with E-state index >= 15 is 0 Å². The Labute approximate surface area is 110 Å². The average molecular weight is 270 g/mol. The van der Waals surface area contributed by atoms with Crippen LogP contribution >= 0.6 is 11.3 Å². The molecule has 0 spiro atoms. The number of anilines is 1. The molecule has 1 aliphatic rings. The molecule has 0 amide bonds. The van der Waals surface area contributed by atoms with E-state index in [1.165, 1.54) is 30.2 Å². The maximum Gasteiger partial charge on any atom is 0.304 e. The summed E-state index contributed by atoms with van der Waals surface area (Å²) in [6.07, 6.45) is 1.79. The van der Waals surface area contributed by atoms with Crippen molar-refractivity contribution in [1.29, 1.82) is 0 Å². The minimum absolute atomic E-state index is 0.124. The zero-order valence-corrected chi connectivity index (χ0v) is 11.4. The lowest BCUT2D eigenvalue weighted by molar-refractivity contribution is -0.383. The van der Waals surface area contributed by atoms with Gasteiger partial charge in [-0.2, -0.15) is 0 Å². The van der Waals surface area contributed by atoms with Gasteiger partial charge in [-0.3, -0.25) is 10.1 Å². The van der Waals surface area contributed by atoms with Crippen LogP contribution in [0.25, 0.3) is 0 Å². The van der Waals surface area contributed by atoms with E-state index in [9.17, 15) is 15.2 Å². The second kappa shape index (κ2) is 5.24. The highest BCUT2D eigenvalue weighted by Gasteiger charge is 2.29. The van der Waals surface area contributed by atoms with E-state index in [4.69, 9.17) is 0 Å². The van der Waals surface area contributed by atoms with E-state index in [2.05, 4.69) is 4.90 Å². The van der Waals surface area contributed by atoms with Gasteiger partial charge in [0.15, 0.2) is 5.00 Å². The number of rotatable bonds is 6. The van der Waals surface area contributed by atoms with Gasteiger partial charge in [0.1, 0.15) is 0 Å². The van der Waals surface area contributed by atoms with Crippen molar-refractivity contribution in [2.45, 2.75) is 32.8 Å². The lowest BCUT2D eigenvalue weighted by Gasteiger charge is -2.20. The Balaban J connectivity index is 2.29. The second-order valence-electron chi connectivity index (χ2n) is 4.75. The van der Waals surface area contributed by atoms with Crippen LogP contribution in [0.2, 0.25) is 0 Å². The molecule has 0 radical (unpaired) electrons. The van der Waals surface area contributed by atoms with Gasteiger partial charge in [0, 0.05) is 24.0 Å². The number of nitrogens with zero attached hydrogens (tertiary/aromatic N) is 2. The first-order valence-corrected chi connectivity index (χ1v) is 7.05. The highest BCUT2D eigenvalue weighted by Crippen LogP contribution is 2.42. The topological polar surface area (TPSA) is 66.6 Å². The summed E-state index contributed by atoms with van der Waals surface area (Å²) in [4.78, 5) is 13.4. The number of aliphatic hydroxyl groups excluding tert-OH is 1. The molecular formula is C12H18N2O3S. The van der Waals surface area contributed by atoms with E-state index < -0.39 is 6.10 Å². The van der Waals surface area contributed by atoms with Gasteiger partial charge in [-0.15, -0.1) is 11.3 Å². The fraction of sp³-hybridized carbons (Fsp3) is 0.667. The van der Waals surface area contributed by atoms with Crippen LogP contribution in [0, 0.1) is 16.0 Å². The lowest BCUT2D eigenvalue weighted by atomic mass is 10.3. The first kappa shape index (κ1) is 13.3. The molecule has 1 aromatic heterocycles. The van der Waals surface area contributed by atoms with Crippen molar-refractivity contribution in [2.24, 2.45) is 5.92 Å². The Morgan fingerprint density at radius 1 is 1.67 bits per heavy atom. The minimum atomic E-state index is -0.651. The van der Waals surface area contributed by atoms with Gasteiger partial charge >= 0.3 is 5.69 Å². The summed E-state index contributed by atoms with van der Waals surface area (Å²) in [6.45, 7) is 5.29. The normalized spacial score (nSPS) is 16.6. The Bertz CT molecular complexity index is 441.